The highest BCUT2D eigenvalue weighted by atomic mass is 16.5. The van der Waals surface area contributed by atoms with E-state index in [1.165, 1.54) is 13.8 Å². The van der Waals surface area contributed by atoms with E-state index in [1.54, 1.807) is 0 Å². The molecule has 26 heavy (non-hydrogen) atoms. The first-order valence-corrected chi connectivity index (χ1v) is 7.47. The molecule has 0 radical (unpaired) electrons. The van der Waals surface area contributed by atoms with Crippen molar-refractivity contribution >= 4 is 0 Å². The normalized spacial score (nSPS) is 24.6. The lowest BCUT2D eigenvalue weighted by Crippen LogP contribution is -2.17. The third-order valence-electron chi connectivity index (χ3n) is 3.20. The first kappa shape index (κ1) is 6.75. The van der Waals surface area contributed by atoms with Crippen LogP contribution in [0, 0.1) is 13.8 Å². The van der Waals surface area contributed by atoms with E-state index >= 15 is 0 Å². The molecule has 2 aromatic rings. The number of aliphatic hydroxyl groups excluding tert-OH is 1. The van der Waals surface area contributed by atoms with Crippen molar-refractivity contribution in [3.05, 3.63) is 52.9 Å². The molecule has 4 heteroatoms. The van der Waals surface area contributed by atoms with Crippen LogP contribution >= 0.6 is 0 Å². The van der Waals surface area contributed by atoms with Gasteiger partial charge in [-0.2, -0.15) is 0 Å². The molecule has 0 saturated heterocycles. The average Bonchev–Trinajstić information content (AvgIpc) is 2.84. The van der Waals surface area contributed by atoms with Crippen LogP contribution in [0.2, 0.25) is 0 Å². The van der Waals surface area contributed by atoms with E-state index in [9.17, 15) is 5.11 Å². The number of hydrogen-bond acceptors (Lipinski definition) is 4. The first-order valence-electron chi connectivity index (χ1n) is 16.5. The van der Waals surface area contributed by atoms with Crippen LogP contribution in [-0.4, -0.2) is 31.9 Å². The summed E-state index contributed by atoms with van der Waals surface area (Å²) < 4.78 is 157. The van der Waals surface area contributed by atoms with E-state index in [1.807, 2.05) is 0 Å². The van der Waals surface area contributed by atoms with Crippen molar-refractivity contribution in [1.82, 2.24) is 0 Å². The van der Waals surface area contributed by atoms with Gasteiger partial charge in [0, 0.05) is 8.22 Å². The summed E-state index contributed by atoms with van der Waals surface area (Å²) in [6.07, 6.45) is -13.7. The molecule has 0 bridgehead atoms. The zero-order chi connectivity index (χ0) is 34.5. The molecule has 0 aromatic heterocycles. The van der Waals surface area contributed by atoms with Crippen molar-refractivity contribution in [2.75, 3.05) is 20.7 Å². The van der Waals surface area contributed by atoms with Gasteiger partial charge in [0.1, 0.15) is 12.4 Å². The van der Waals surface area contributed by atoms with Crippen LogP contribution in [0.1, 0.15) is 60.5 Å². The third kappa shape index (κ3) is 5.95. The topological polar surface area (TPSA) is 47.9 Å². The van der Waals surface area contributed by atoms with E-state index < -0.39 is 99.3 Å². The Morgan fingerprint density at radius 1 is 1.08 bits per heavy atom. The summed E-state index contributed by atoms with van der Waals surface area (Å²) in [6, 6.07) is -4.92. The summed E-state index contributed by atoms with van der Waals surface area (Å²) in [6.45, 7) is 2.06. The van der Waals surface area contributed by atoms with Crippen LogP contribution in [0.4, 0.5) is 0 Å². The summed E-state index contributed by atoms with van der Waals surface area (Å²) in [5.74, 6) is -2.93. The van der Waals surface area contributed by atoms with E-state index in [4.69, 9.17) is 29.4 Å². The lowest BCUT2D eigenvalue weighted by atomic mass is 10.0. The van der Waals surface area contributed by atoms with Crippen LogP contribution in [0.15, 0.2) is 36.3 Å². The number of hydrogen-bond donors (Lipinski definition) is 1. The van der Waals surface area contributed by atoms with Gasteiger partial charge in [-0.3, -0.25) is 0 Å². The molecule has 0 aliphatic carbocycles. The van der Waals surface area contributed by atoms with E-state index in [0.29, 0.717) is 11.1 Å². The summed E-state index contributed by atoms with van der Waals surface area (Å²) in [7, 11) is -6.72. The zero-order valence-electron chi connectivity index (χ0n) is 32.2. The van der Waals surface area contributed by atoms with Crippen molar-refractivity contribution in [1.29, 1.82) is 0 Å². The molecule has 1 atom stereocenters. The van der Waals surface area contributed by atoms with Gasteiger partial charge in [-0.1, -0.05) is 18.5 Å². The van der Waals surface area contributed by atoms with Gasteiger partial charge >= 0.3 is 0 Å². The van der Waals surface area contributed by atoms with Crippen molar-refractivity contribution in [3.63, 3.8) is 0 Å². The minimum absolute atomic E-state index is 0.265. The standard InChI is InChI=1S/C22H30O4/c1-16-9-11-20(13-17(16)2)26-15-19(23)8-6-5-7-18-10-12-21(24-3)22(14-18)25-4/h9-14,19,23H,5-8,15H2,1-4H3/i3D3,4D3,5D2,7D2,8D2,9D,10D,11D,12D,13D,14D. The lowest BCUT2D eigenvalue weighted by Gasteiger charge is -2.13. The number of ether oxygens (including phenoxy) is 3. The van der Waals surface area contributed by atoms with Gasteiger partial charge < -0.3 is 19.3 Å². The van der Waals surface area contributed by atoms with Gasteiger partial charge in [0.05, 0.1) is 36.6 Å². The van der Waals surface area contributed by atoms with Crippen molar-refractivity contribution in [2.24, 2.45) is 0 Å². The molecule has 142 valence electrons. The highest BCUT2D eigenvalue weighted by Crippen LogP contribution is 2.28. The van der Waals surface area contributed by atoms with Crippen LogP contribution in [0.25, 0.3) is 0 Å². The van der Waals surface area contributed by atoms with Crippen LogP contribution < -0.4 is 14.2 Å². The second kappa shape index (κ2) is 10.1. The van der Waals surface area contributed by atoms with Gasteiger partial charge in [-0.05, 0) is 73.8 Å². The number of aliphatic hydroxyl groups is 1. The molecule has 1 N–H and O–H groups in total. The second-order valence-electron chi connectivity index (χ2n) is 5.08. The Kier molecular flexibility index (Phi) is 2.62. The molecule has 0 fully saturated rings. The molecule has 2 aromatic carbocycles. The fraction of sp³-hybridized carbons (Fsp3) is 0.455. The highest BCUT2D eigenvalue weighted by molar-refractivity contribution is 5.42. The largest absolute Gasteiger partial charge is 0.493 e. The summed E-state index contributed by atoms with van der Waals surface area (Å²) in [5, 5.41) is 10.6. The second-order valence-corrected chi connectivity index (χ2v) is 5.08. The van der Waals surface area contributed by atoms with Gasteiger partial charge in [0.2, 0.25) is 0 Å². The summed E-state index contributed by atoms with van der Waals surface area (Å²) in [4.78, 5) is 0. The Labute approximate surface area is 182 Å². The van der Waals surface area contributed by atoms with E-state index in [-0.39, 0.29) is 12.1 Å². The van der Waals surface area contributed by atoms with Crippen LogP contribution in [0.3, 0.4) is 0 Å². The lowest BCUT2D eigenvalue weighted by molar-refractivity contribution is 0.0976. The van der Waals surface area contributed by atoms with Crippen molar-refractivity contribution < 1.29 is 44.0 Å². The maximum Gasteiger partial charge on any atom is 0.160 e. The molecule has 0 aliphatic rings. The zero-order valence-corrected chi connectivity index (χ0v) is 14.2. The predicted molar refractivity (Wildman–Crippen MR) is 105 cm³/mol. The molecule has 2 rings (SSSR count). The number of rotatable bonds is 10. The fourth-order valence-corrected chi connectivity index (χ4v) is 1.72. The Hall–Kier alpha value is -2.20. The van der Waals surface area contributed by atoms with Crippen molar-refractivity contribution in [2.45, 2.75) is 45.5 Å². The Morgan fingerprint density at radius 2 is 1.88 bits per heavy atom. The SMILES string of the molecule is [2H]c1c([2H])c(OCC(O)C([2H])([2H])CC([2H])([2H])C([2H])([2H])c2c([2H])c([2H])c(OC([2H])([2H])[2H])c(OC([2H])([2H])[2H])c2[2H])c([2H])c(C)c1C. The minimum Gasteiger partial charge on any atom is -0.493 e. The fourth-order valence-electron chi connectivity index (χ4n) is 1.72. The Bertz CT molecular complexity index is 1370. The molecule has 0 saturated carbocycles. The van der Waals surface area contributed by atoms with Gasteiger partial charge in [0.15, 0.2) is 11.5 Å². The molecule has 0 spiro atoms. The monoisotopic (exact) mass is 376 g/mol. The first-order chi connectivity index (χ1) is 19.6. The molecule has 0 amide bonds. The molecular formula is C22H30O4. The van der Waals surface area contributed by atoms with Crippen LogP contribution in [0.5, 0.6) is 17.2 Å². The number of methoxy groups -OCH3 is 2. The van der Waals surface area contributed by atoms with Gasteiger partial charge in [-0.25, -0.2) is 0 Å². The minimum atomic E-state index is -3.56. The third-order valence-corrected chi connectivity index (χ3v) is 3.20. The van der Waals surface area contributed by atoms with E-state index in [2.05, 4.69) is 9.47 Å². The van der Waals surface area contributed by atoms with Crippen molar-refractivity contribution in [3.8, 4) is 17.2 Å². The molecular weight excluding hydrogens is 328 g/mol. The Morgan fingerprint density at radius 3 is 2.69 bits per heavy atom. The smallest absolute Gasteiger partial charge is 0.160 e. The maximum atomic E-state index is 10.6. The van der Waals surface area contributed by atoms with Gasteiger partial charge in [-0.15, -0.1) is 0 Å². The predicted octanol–water partition coefficient (Wildman–Crippen LogP) is 4.47. The van der Waals surface area contributed by atoms with Crippen LogP contribution in [-0.2, 0) is 6.37 Å². The number of benzene rings is 2. The van der Waals surface area contributed by atoms with E-state index in [0.717, 1.165) is 0 Å². The Balaban J connectivity index is 2.53. The molecule has 1 unspecified atom stereocenters. The van der Waals surface area contributed by atoms with Gasteiger partial charge in [0.25, 0.3) is 0 Å². The summed E-state index contributed by atoms with van der Waals surface area (Å²) in [5.41, 5.74) is -0.643. The highest BCUT2D eigenvalue weighted by Gasteiger charge is 2.07. The quantitative estimate of drug-likeness (QED) is 0.664. The summed E-state index contributed by atoms with van der Waals surface area (Å²) >= 11 is 0. The molecule has 0 aliphatic heterocycles. The maximum absolute atomic E-state index is 10.6. The molecule has 4 nitrogen and oxygen atoms in total. The average molecular weight is 377 g/mol. The molecule has 0 heterocycles.